The number of aliphatic hydroxyl groups excluding tert-OH is 1. The number of hydrogen-bond acceptors (Lipinski definition) is 3. The third kappa shape index (κ3) is 7.59. The van der Waals surface area contributed by atoms with Gasteiger partial charge in [-0.1, -0.05) is 86.1 Å². The Balaban J connectivity index is 0.000000383. The number of pyridine rings is 1. The summed E-state index contributed by atoms with van der Waals surface area (Å²) >= 11 is 0. The van der Waals surface area contributed by atoms with Gasteiger partial charge in [0.15, 0.2) is 5.78 Å². The Labute approximate surface area is 225 Å². The Morgan fingerprint density at radius 1 is 0.886 bits per heavy atom. The van der Waals surface area contributed by atoms with Gasteiger partial charge in [0.2, 0.25) is 0 Å². The molecule has 0 atom stereocenters. The maximum atomic E-state index is 11.5. The predicted molar refractivity (Wildman–Crippen MR) is 144 cm³/mol. The summed E-state index contributed by atoms with van der Waals surface area (Å²) in [4.78, 5) is 16.2. The standard InChI is InChI=1S/C20H20N.C11H20O2.Ir/c1-12-6-8-17-14(3)11-21-20(19(17)10-12)18-9-7-13(2)15(4)16(18)5;1-10(2,3)8(12)7-9(13)11(4,5)6;/h6-8,10-11H,1-5H3;7,12H,1-6H3;/q-1;;/b;8-7-;. The smallest absolute Gasteiger partial charge is 0.164 e. The summed E-state index contributed by atoms with van der Waals surface area (Å²) in [7, 11) is 0. The first-order valence-corrected chi connectivity index (χ1v) is 11.8. The van der Waals surface area contributed by atoms with Crippen molar-refractivity contribution in [3.05, 3.63) is 76.2 Å². The van der Waals surface area contributed by atoms with Crippen LogP contribution in [-0.4, -0.2) is 15.9 Å². The fourth-order valence-electron chi connectivity index (χ4n) is 3.38. The van der Waals surface area contributed by atoms with Gasteiger partial charge in [0.1, 0.15) is 5.76 Å². The number of carbonyl (C=O) groups is 1. The van der Waals surface area contributed by atoms with Gasteiger partial charge in [-0.05, 0) is 35.9 Å². The van der Waals surface area contributed by atoms with Gasteiger partial charge < -0.3 is 10.1 Å². The third-order valence-electron chi connectivity index (χ3n) is 6.22. The van der Waals surface area contributed by atoms with Crippen molar-refractivity contribution in [2.75, 3.05) is 0 Å². The zero-order valence-corrected chi connectivity index (χ0v) is 25.5. The second-order valence-corrected chi connectivity index (χ2v) is 11.3. The summed E-state index contributed by atoms with van der Waals surface area (Å²) in [5.74, 6) is 0.104. The number of fused-ring (bicyclic) bond motifs is 1. The number of rotatable bonds is 2. The molecule has 3 nitrogen and oxygen atoms in total. The molecule has 0 unspecified atom stereocenters. The minimum Gasteiger partial charge on any atom is -0.512 e. The first-order valence-electron chi connectivity index (χ1n) is 11.8. The Kier molecular flexibility index (Phi) is 10.2. The molecule has 0 aliphatic carbocycles. The summed E-state index contributed by atoms with van der Waals surface area (Å²) in [6.45, 7) is 21.8. The summed E-state index contributed by atoms with van der Waals surface area (Å²) in [5.41, 5.74) is 7.76. The van der Waals surface area contributed by atoms with E-state index in [1.165, 1.54) is 44.7 Å². The van der Waals surface area contributed by atoms with Crippen molar-refractivity contribution in [2.24, 2.45) is 10.8 Å². The van der Waals surface area contributed by atoms with Crippen molar-refractivity contribution in [1.82, 2.24) is 4.98 Å². The summed E-state index contributed by atoms with van der Waals surface area (Å²) in [6, 6.07) is 12.1. The fraction of sp³-hybridized carbons (Fsp3) is 0.419. The second-order valence-electron chi connectivity index (χ2n) is 11.3. The topological polar surface area (TPSA) is 50.2 Å². The summed E-state index contributed by atoms with van der Waals surface area (Å²) in [5, 5.41) is 12.1. The molecule has 35 heavy (non-hydrogen) atoms. The largest absolute Gasteiger partial charge is 0.512 e. The van der Waals surface area contributed by atoms with E-state index in [0.29, 0.717) is 0 Å². The van der Waals surface area contributed by atoms with E-state index in [1.807, 2.05) is 47.7 Å². The number of aliphatic hydroxyl groups is 1. The van der Waals surface area contributed by atoms with Crippen LogP contribution in [0.3, 0.4) is 0 Å². The van der Waals surface area contributed by atoms with E-state index in [-0.39, 0.29) is 37.1 Å². The number of ketones is 1. The fourth-order valence-corrected chi connectivity index (χ4v) is 3.38. The average Bonchev–Trinajstić information content (AvgIpc) is 2.72. The Morgan fingerprint density at radius 2 is 1.49 bits per heavy atom. The van der Waals surface area contributed by atoms with Crippen LogP contribution in [0.1, 0.15) is 69.4 Å². The van der Waals surface area contributed by atoms with E-state index in [9.17, 15) is 9.90 Å². The van der Waals surface area contributed by atoms with Gasteiger partial charge in [-0.25, -0.2) is 0 Å². The number of nitrogens with zero attached hydrogens (tertiary/aromatic N) is 1. The number of allylic oxidation sites excluding steroid dienone is 2. The van der Waals surface area contributed by atoms with Crippen molar-refractivity contribution in [1.29, 1.82) is 0 Å². The molecule has 4 heteroatoms. The molecule has 3 rings (SSSR count). The molecule has 2 aromatic carbocycles. The minimum atomic E-state index is -0.417. The number of hydrogen-bond donors (Lipinski definition) is 1. The third-order valence-corrected chi connectivity index (χ3v) is 6.22. The normalized spacial score (nSPS) is 12.0. The van der Waals surface area contributed by atoms with E-state index in [0.717, 1.165) is 11.3 Å². The maximum absolute atomic E-state index is 11.5. The van der Waals surface area contributed by atoms with E-state index >= 15 is 0 Å². The van der Waals surface area contributed by atoms with Gasteiger partial charge in [-0.3, -0.25) is 4.79 Å². The zero-order valence-electron chi connectivity index (χ0n) is 23.1. The number of aromatic nitrogens is 1. The van der Waals surface area contributed by atoms with Crippen LogP contribution in [0.2, 0.25) is 0 Å². The number of aryl methyl sites for hydroxylation is 3. The quantitative estimate of drug-likeness (QED) is 0.172. The maximum Gasteiger partial charge on any atom is 0.164 e. The molecule has 0 amide bonds. The van der Waals surface area contributed by atoms with Crippen LogP contribution in [0, 0.1) is 51.5 Å². The van der Waals surface area contributed by atoms with Crippen LogP contribution in [0.4, 0.5) is 0 Å². The zero-order chi connectivity index (χ0) is 26.0. The van der Waals surface area contributed by atoms with E-state index in [1.54, 1.807) is 0 Å². The van der Waals surface area contributed by atoms with Crippen LogP contribution in [0.25, 0.3) is 22.0 Å². The summed E-state index contributed by atoms with van der Waals surface area (Å²) in [6.07, 6.45) is 3.30. The molecule has 191 valence electrons. The molecule has 0 bridgehead atoms. The van der Waals surface area contributed by atoms with E-state index < -0.39 is 5.41 Å². The van der Waals surface area contributed by atoms with Crippen LogP contribution in [-0.2, 0) is 24.9 Å². The van der Waals surface area contributed by atoms with Crippen molar-refractivity contribution in [3.8, 4) is 11.3 Å². The number of benzene rings is 2. The molecule has 0 fully saturated rings. The molecule has 0 aliphatic rings. The Morgan fingerprint density at radius 3 is 2.03 bits per heavy atom. The molecule has 1 heterocycles. The average molecular weight is 651 g/mol. The molecule has 0 spiro atoms. The minimum absolute atomic E-state index is 0. The number of carbonyl (C=O) groups excluding carboxylic acids is 1. The first kappa shape index (κ1) is 30.7. The molecule has 1 aromatic heterocycles. The monoisotopic (exact) mass is 651 g/mol. The van der Waals surface area contributed by atoms with Crippen LogP contribution < -0.4 is 0 Å². The molecular formula is C31H40IrNO2-. The Hall–Kier alpha value is -2.29. The van der Waals surface area contributed by atoms with Gasteiger partial charge in [0.05, 0.1) is 0 Å². The van der Waals surface area contributed by atoms with Crippen molar-refractivity contribution >= 4 is 16.6 Å². The van der Waals surface area contributed by atoms with Crippen molar-refractivity contribution in [3.63, 3.8) is 0 Å². The SMILES string of the molecule is CC(C)(C)C(=O)/C=C(\O)C(C)(C)C.Cc1ccc2c(C)cnc(-c3[c-]cc(C)c(C)c3C)c2c1.[Ir]. The molecular weight excluding hydrogens is 611 g/mol. The first-order chi connectivity index (χ1) is 15.5. The Bertz CT molecular complexity index is 1240. The van der Waals surface area contributed by atoms with Gasteiger partial charge in [0, 0.05) is 43.2 Å². The molecule has 1 radical (unpaired) electrons. The summed E-state index contributed by atoms with van der Waals surface area (Å²) < 4.78 is 0. The van der Waals surface area contributed by atoms with Gasteiger partial charge >= 0.3 is 0 Å². The van der Waals surface area contributed by atoms with Crippen molar-refractivity contribution < 1.29 is 30.0 Å². The molecule has 1 N–H and O–H groups in total. The second kappa shape index (κ2) is 11.6. The molecule has 0 saturated heterocycles. The van der Waals surface area contributed by atoms with Crippen molar-refractivity contribution in [2.45, 2.75) is 76.2 Å². The predicted octanol–water partition coefficient (Wildman–Crippen LogP) is 8.33. The molecule has 3 aromatic rings. The van der Waals surface area contributed by atoms with Crippen LogP contribution in [0.5, 0.6) is 0 Å². The molecule has 0 saturated carbocycles. The van der Waals surface area contributed by atoms with Gasteiger partial charge in [0.25, 0.3) is 0 Å². The van der Waals surface area contributed by atoms with Gasteiger partial charge in [-0.15, -0.1) is 34.4 Å². The van der Waals surface area contributed by atoms with Crippen LogP contribution >= 0.6 is 0 Å². The van der Waals surface area contributed by atoms with E-state index in [2.05, 4.69) is 65.0 Å². The molecule has 0 aliphatic heterocycles. The van der Waals surface area contributed by atoms with E-state index in [4.69, 9.17) is 4.98 Å². The van der Waals surface area contributed by atoms with Crippen LogP contribution in [0.15, 0.2) is 42.3 Å². The van der Waals surface area contributed by atoms with Gasteiger partial charge in [-0.2, -0.15) is 0 Å².